The van der Waals surface area contributed by atoms with Gasteiger partial charge in [0, 0.05) is 42.7 Å². The molecule has 1 aliphatic rings. The zero-order chi connectivity index (χ0) is 28.2. The number of halogens is 2. The molecule has 5 nitrogen and oxygen atoms in total. The normalized spacial score (nSPS) is 16.3. The van der Waals surface area contributed by atoms with Gasteiger partial charge in [0.15, 0.2) is 0 Å². The van der Waals surface area contributed by atoms with Crippen molar-refractivity contribution in [3.8, 4) is 0 Å². The van der Waals surface area contributed by atoms with Crippen molar-refractivity contribution in [3.05, 3.63) is 106 Å². The highest BCUT2D eigenvalue weighted by molar-refractivity contribution is 6.42. The van der Waals surface area contributed by atoms with Crippen LogP contribution in [0.1, 0.15) is 42.9 Å². The summed E-state index contributed by atoms with van der Waals surface area (Å²) >= 11 is 12.4. The molecule has 3 aromatic carbocycles. The lowest BCUT2D eigenvalue weighted by molar-refractivity contribution is -0.142. The predicted octanol–water partition coefficient (Wildman–Crippen LogP) is 7.33. The molecule has 1 N–H and O–H groups in total. The van der Waals surface area contributed by atoms with Gasteiger partial charge in [0.2, 0.25) is 11.8 Å². The van der Waals surface area contributed by atoms with Crippen molar-refractivity contribution in [2.24, 2.45) is 11.8 Å². The van der Waals surface area contributed by atoms with Crippen LogP contribution in [-0.4, -0.2) is 46.2 Å². The molecule has 2 atom stereocenters. The lowest BCUT2D eigenvalue weighted by atomic mass is 10.1. The molecule has 4 aromatic rings. The fourth-order valence-electron chi connectivity index (χ4n) is 5.45. The molecule has 208 valence electrons. The monoisotopic (exact) mass is 575 g/mol. The van der Waals surface area contributed by atoms with E-state index in [1.54, 1.807) is 11.0 Å². The highest BCUT2D eigenvalue weighted by atomic mass is 35.5. The first kappa shape index (κ1) is 28.3. The second kappa shape index (κ2) is 12.5. The van der Waals surface area contributed by atoms with E-state index in [9.17, 15) is 9.59 Å². The average Bonchev–Trinajstić information content (AvgIpc) is 3.65. The second-order valence-electron chi connectivity index (χ2n) is 11.1. The summed E-state index contributed by atoms with van der Waals surface area (Å²) in [5, 5.41) is 2.09. The molecule has 0 aliphatic heterocycles. The Balaban J connectivity index is 1.33. The number of hydrogen-bond acceptors (Lipinski definition) is 2. The number of fused-ring (bicyclic) bond motifs is 1. The molecule has 1 aliphatic carbocycles. The predicted molar refractivity (Wildman–Crippen MR) is 163 cm³/mol. The Bertz CT molecular complexity index is 1480. The van der Waals surface area contributed by atoms with Crippen molar-refractivity contribution in [2.45, 2.75) is 39.2 Å². The summed E-state index contributed by atoms with van der Waals surface area (Å²) in [6, 6.07) is 23.8. The molecule has 40 heavy (non-hydrogen) atoms. The molecule has 1 heterocycles. The first-order chi connectivity index (χ1) is 19.3. The van der Waals surface area contributed by atoms with Crippen molar-refractivity contribution in [2.75, 3.05) is 19.6 Å². The molecule has 0 saturated heterocycles. The van der Waals surface area contributed by atoms with E-state index in [0.29, 0.717) is 36.1 Å². The number of benzene rings is 3. The molecule has 2 amide bonds. The topological polar surface area (TPSA) is 56.4 Å². The number of carbonyl (C=O) groups is 2. The number of amides is 2. The summed E-state index contributed by atoms with van der Waals surface area (Å²) in [6.45, 7) is 5.67. The van der Waals surface area contributed by atoms with Gasteiger partial charge in [-0.15, -0.1) is 0 Å². The number of nitrogens with zero attached hydrogens (tertiary/aromatic N) is 2. The lowest BCUT2D eigenvalue weighted by Crippen LogP contribution is -2.45. The van der Waals surface area contributed by atoms with Gasteiger partial charge in [-0.3, -0.25) is 9.59 Å². The molecule has 0 radical (unpaired) electrons. The van der Waals surface area contributed by atoms with Crippen LogP contribution >= 0.6 is 23.2 Å². The first-order valence-electron chi connectivity index (χ1n) is 13.9. The summed E-state index contributed by atoms with van der Waals surface area (Å²) in [5.74, 6) is 0.413. The molecule has 0 unspecified atom stereocenters. The van der Waals surface area contributed by atoms with E-state index in [2.05, 4.69) is 37.0 Å². The smallest absolute Gasteiger partial charge is 0.242 e. The van der Waals surface area contributed by atoms with Gasteiger partial charge >= 0.3 is 0 Å². The van der Waals surface area contributed by atoms with Crippen LogP contribution < -0.4 is 0 Å². The molecular formula is C33H35Cl2N3O2. The maximum absolute atomic E-state index is 13.9. The largest absolute Gasteiger partial charge is 0.361 e. The molecular weight excluding hydrogens is 541 g/mol. The van der Waals surface area contributed by atoms with E-state index in [-0.39, 0.29) is 36.1 Å². The van der Waals surface area contributed by atoms with E-state index in [4.69, 9.17) is 23.2 Å². The van der Waals surface area contributed by atoms with Crippen molar-refractivity contribution in [3.63, 3.8) is 0 Å². The number of hydrogen-bond donors (Lipinski definition) is 1. The minimum Gasteiger partial charge on any atom is -0.361 e. The van der Waals surface area contributed by atoms with Gasteiger partial charge in [-0.05, 0) is 59.6 Å². The van der Waals surface area contributed by atoms with Crippen LogP contribution in [0, 0.1) is 11.8 Å². The zero-order valence-electron chi connectivity index (χ0n) is 22.9. The number of aromatic amines is 1. The van der Waals surface area contributed by atoms with Crippen LogP contribution in [0.5, 0.6) is 0 Å². The van der Waals surface area contributed by atoms with Gasteiger partial charge in [-0.2, -0.15) is 0 Å². The van der Waals surface area contributed by atoms with Gasteiger partial charge in [0.1, 0.15) is 0 Å². The van der Waals surface area contributed by atoms with Crippen LogP contribution in [0.4, 0.5) is 0 Å². The number of para-hydroxylation sites is 1. The Morgan fingerprint density at radius 3 is 2.45 bits per heavy atom. The Kier molecular flexibility index (Phi) is 8.82. The van der Waals surface area contributed by atoms with Gasteiger partial charge in [0.05, 0.1) is 16.6 Å². The van der Waals surface area contributed by atoms with Gasteiger partial charge in [-0.1, -0.05) is 91.6 Å². The van der Waals surface area contributed by atoms with E-state index in [0.717, 1.165) is 28.5 Å². The van der Waals surface area contributed by atoms with Crippen molar-refractivity contribution in [1.29, 1.82) is 0 Å². The number of aromatic nitrogens is 1. The highest BCUT2D eigenvalue weighted by Gasteiger charge is 2.46. The Morgan fingerprint density at radius 2 is 1.70 bits per heavy atom. The molecule has 7 heteroatoms. The Hall–Kier alpha value is -3.28. The molecule has 0 bridgehead atoms. The summed E-state index contributed by atoms with van der Waals surface area (Å²) in [7, 11) is 0. The van der Waals surface area contributed by atoms with E-state index in [1.165, 1.54) is 5.56 Å². The van der Waals surface area contributed by atoms with Crippen LogP contribution in [-0.2, 0) is 22.6 Å². The number of carbonyl (C=O) groups excluding carboxylic acids is 2. The summed E-state index contributed by atoms with van der Waals surface area (Å²) in [4.78, 5) is 34.4. The SMILES string of the molecule is CC(C)CN(CC(=O)N(CCc1c[nH]c2ccccc12)Cc1ccc(Cl)c(Cl)c1)C(=O)[C@H]1C[C@H]1c1ccccc1. The van der Waals surface area contributed by atoms with Gasteiger partial charge < -0.3 is 14.8 Å². The quantitative estimate of drug-likeness (QED) is 0.203. The Morgan fingerprint density at radius 1 is 0.950 bits per heavy atom. The van der Waals surface area contributed by atoms with Crippen molar-refractivity contribution < 1.29 is 9.59 Å². The molecule has 1 fully saturated rings. The lowest BCUT2D eigenvalue weighted by Gasteiger charge is -2.29. The van der Waals surface area contributed by atoms with Crippen LogP contribution in [0.25, 0.3) is 10.9 Å². The standard InChI is InChI=1S/C33H35Cl2N3O2/c1-22(2)19-38(33(40)28-17-27(28)24-8-4-3-5-9-24)21-32(39)37(20-23-12-13-29(34)30(35)16-23)15-14-25-18-36-31-11-7-6-10-26(25)31/h3-13,16,18,22,27-28,36H,14-15,17,19-21H2,1-2H3/t27-,28-/m0/s1. The molecule has 1 aromatic heterocycles. The maximum Gasteiger partial charge on any atom is 0.242 e. The second-order valence-corrected chi connectivity index (χ2v) is 12.0. The number of H-pyrrole nitrogens is 1. The summed E-state index contributed by atoms with van der Waals surface area (Å²) in [5.41, 5.74) is 4.32. The van der Waals surface area contributed by atoms with E-state index in [1.807, 2.05) is 59.6 Å². The summed E-state index contributed by atoms with van der Waals surface area (Å²) in [6.07, 6.45) is 3.53. The third kappa shape index (κ3) is 6.71. The third-order valence-corrected chi connectivity index (χ3v) is 8.33. The third-order valence-electron chi connectivity index (χ3n) is 7.59. The van der Waals surface area contributed by atoms with Crippen molar-refractivity contribution >= 4 is 45.9 Å². The fourth-order valence-corrected chi connectivity index (χ4v) is 5.77. The van der Waals surface area contributed by atoms with E-state index >= 15 is 0 Å². The first-order valence-corrected chi connectivity index (χ1v) is 14.7. The van der Waals surface area contributed by atoms with Gasteiger partial charge in [-0.25, -0.2) is 0 Å². The van der Waals surface area contributed by atoms with Crippen LogP contribution in [0.2, 0.25) is 10.0 Å². The number of rotatable bonds is 11. The molecule has 0 spiro atoms. The maximum atomic E-state index is 13.9. The minimum absolute atomic E-state index is 0.0598. The van der Waals surface area contributed by atoms with Crippen LogP contribution in [0.15, 0.2) is 79.0 Å². The molecule has 1 saturated carbocycles. The summed E-state index contributed by atoms with van der Waals surface area (Å²) < 4.78 is 0. The van der Waals surface area contributed by atoms with Gasteiger partial charge in [0.25, 0.3) is 0 Å². The fraction of sp³-hybridized carbons (Fsp3) is 0.333. The zero-order valence-corrected chi connectivity index (χ0v) is 24.5. The molecule has 5 rings (SSSR count). The highest BCUT2D eigenvalue weighted by Crippen LogP contribution is 2.48. The average molecular weight is 577 g/mol. The van der Waals surface area contributed by atoms with Crippen molar-refractivity contribution in [1.82, 2.24) is 14.8 Å². The number of nitrogens with one attached hydrogen (secondary N) is 1. The van der Waals surface area contributed by atoms with E-state index < -0.39 is 0 Å². The minimum atomic E-state index is -0.0724. The Labute approximate surface area is 246 Å². The van der Waals surface area contributed by atoms with Crippen LogP contribution in [0.3, 0.4) is 0 Å².